The molecule has 3 aromatic carbocycles. The van der Waals surface area contributed by atoms with Crippen LogP contribution in [0.15, 0.2) is 77.0 Å². The van der Waals surface area contributed by atoms with Crippen LogP contribution < -0.4 is 14.4 Å². The maximum absolute atomic E-state index is 6.47. The Morgan fingerprint density at radius 2 is 1.68 bits per heavy atom. The number of fused-ring (bicyclic) bond motifs is 4. The number of aromatic nitrogens is 1. The zero-order valence-electron chi connectivity index (χ0n) is 24.7. The molecule has 6 heteroatoms. The number of hydrogen-bond acceptors (Lipinski definition) is 3. The van der Waals surface area contributed by atoms with Crippen LogP contribution in [0.1, 0.15) is 46.9 Å². The number of anilines is 2. The summed E-state index contributed by atoms with van der Waals surface area (Å²) in [4.78, 5) is 4.84. The highest BCUT2D eigenvalue weighted by Gasteiger charge is 2.31. The molecule has 0 unspecified atom stereocenters. The van der Waals surface area contributed by atoms with E-state index in [0.717, 1.165) is 57.9 Å². The van der Waals surface area contributed by atoms with Crippen LogP contribution in [0.2, 0.25) is 5.02 Å². The molecule has 0 atom stereocenters. The molecule has 0 saturated carbocycles. The summed E-state index contributed by atoms with van der Waals surface area (Å²) in [7, 11) is 0. The summed E-state index contributed by atoms with van der Waals surface area (Å²) in [6, 6.07) is 19.0. The van der Waals surface area contributed by atoms with E-state index >= 15 is 0 Å². The molecule has 1 aliphatic rings. The van der Waals surface area contributed by atoms with Crippen molar-refractivity contribution in [3.8, 4) is 0 Å². The standard InChI is InChI=1S/C34H43ClN4O/c1-6-36-31-25-27(35)20-22-29(31)38(23-14-24-39(8-3,9-4)10-5)32(36)17-13-18-33-37(7-2)30-21-19-26-15-11-12-16-28(26)34(30)40-33/h11-13,15-22,25H,6-10,14,23-24H2,1-5H3/q+2. The highest BCUT2D eigenvalue weighted by Crippen LogP contribution is 2.43. The lowest BCUT2D eigenvalue weighted by Gasteiger charge is -2.36. The predicted molar refractivity (Wildman–Crippen MR) is 170 cm³/mol. The Labute approximate surface area is 244 Å². The molecule has 5 nitrogen and oxygen atoms in total. The summed E-state index contributed by atoms with van der Waals surface area (Å²) in [6.07, 6.45) is 7.59. The molecule has 4 aromatic rings. The normalized spacial score (nSPS) is 14.9. The molecule has 1 aromatic heterocycles. The smallest absolute Gasteiger partial charge is 0.374 e. The number of allylic oxidation sites excluding steroid dienone is 2. The summed E-state index contributed by atoms with van der Waals surface area (Å²) in [5.74, 6) is 2.04. The fourth-order valence-electron chi connectivity index (χ4n) is 6.29. The van der Waals surface area contributed by atoms with Gasteiger partial charge in [0.05, 0.1) is 43.6 Å². The summed E-state index contributed by atoms with van der Waals surface area (Å²) >= 11 is 6.46. The lowest BCUT2D eigenvalue weighted by atomic mass is 10.1. The molecule has 210 valence electrons. The van der Waals surface area contributed by atoms with Crippen molar-refractivity contribution in [1.82, 2.24) is 0 Å². The number of quaternary nitrogens is 1. The molecule has 0 aliphatic carbocycles. The minimum Gasteiger partial charge on any atom is -0.397 e. The van der Waals surface area contributed by atoms with Crippen molar-refractivity contribution in [1.29, 1.82) is 0 Å². The minimum atomic E-state index is 0.770. The van der Waals surface area contributed by atoms with Gasteiger partial charge < -0.3 is 18.7 Å². The van der Waals surface area contributed by atoms with E-state index in [-0.39, 0.29) is 0 Å². The van der Waals surface area contributed by atoms with E-state index in [1.165, 1.54) is 48.8 Å². The molecule has 0 N–H and O–H groups in total. The topological polar surface area (TPSA) is 23.5 Å². The fraction of sp³-hybridized carbons (Fsp3) is 0.382. The first kappa shape index (κ1) is 28.3. The van der Waals surface area contributed by atoms with E-state index in [4.69, 9.17) is 16.0 Å². The maximum Gasteiger partial charge on any atom is 0.374 e. The fourth-order valence-corrected chi connectivity index (χ4v) is 6.45. The van der Waals surface area contributed by atoms with Crippen molar-refractivity contribution < 1.29 is 13.5 Å². The van der Waals surface area contributed by atoms with Crippen LogP contribution in [-0.4, -0.2) is 43.8 Å². The summed E-state index contributed by atoms with van der Waals surface area (Å²) in [6.45, 7) is 18.7. The van der Waals surface area contributed by atoms with E-state index < -0.39 is 0 Å². The Morgan fingerprint density at radius 3 is 2.40 bits per heavy atom. The molecule has 2 heterocycles. The van der Waals surface area contributed by atoms with Crippen molar-refractivity contribution in [2.24, 2.45) is 0 Å². The highest BCUT2D eigenvalue weighted by molar-refractivity contribution is 6.31. The second-order valence-electron chi connectivity index (χ2n) is 10.6. The Morgan fingerprint density at radius 1 is 0.900 bits per heavy atom. The van der Waals surface area contributed by atoms with Crippen LogP contribution in [0.4, 0.5) is 11.4 Å². The zero-order chi connectivity index (χ0) is 28.3. The lowest BCUT2D eigenvalue weighted by Crippen LogP contribution is -2.48. The van der Waals surface area contributed by atoms with Gasteiger partial charge in [0, 0.05) is 36.0 Å². The van der Waals surface area contributed by atoms with Crippen LogP contribution in [0.3, 0.4) is 0 Å². The van der Waals surface area contributed by atoms with Gasteiger partial charge in [0.25, 0.3) is 5.52 Å². The number of oxazole rings is 1. The highest BCUT2D eigenvalue weighted by atomic mass is 35.5. The second kappa shape index (κ2) is 12.1. The van der Waals surface area contributed by atoms with Crippen molar-refractivity contribution >= 4 is 50.9 Å². The molecule has 0 spiro atoms. The maximum atomic E-state index is 6.47. The van der Waals surface area contributed by atoms with Crippen molar-refractivity contribution in [2.45, 2.75) is 47.6 Å². The van der Waals surface area contributed by atoms with Crippen LogP contribution in [0.25, 0.3) is 27.9 Å². The van der Waals surface area contributed by atoms with Gasteiger partial charge in [-0.2, -0.15) is 4.57 Å². The Hall–Kier alpha value is -3.28. The number of hydrogen-bond donors (Lipinski definition) is 0. The van der Waals surface area contributed by atoms with E-state index in [0.29, 0.717) is 0 Å². The quantitative estimate of drug-likeness (QED) is 0.137. The number of nitrogens with zero attached hydrogens (tertiary/aromatic N) is 4. The second-order valence-corrected chi connectivity index (χ2v) is 11.0. The Kier molecular flexibility index (Phi) is 8.53. The van der Waals surface area contributed by atoms with Crippen LogP contribution in [0.5, 0.6) is 0 Å². The molecule has 40 heavy (non-hydrogen) atoms. The summed E-state index contributed by atoms with van der Waals surface area (Å²) < 4.78 is 9.87. The van der Waals surface area contributed by atoms with Crippen LogP contribution in [-0.2, 0) is 6.54 Å². The number of benzene rings is 3. The van der Waals surface area contributed by atoms with Gasteiger partial charge in [-0.15, -0.1) is 0 Å². The van der Waals surface area contributed by atoms with Gasteiger partial charge in [0.2, 0.25) is 5.58 Å². The summed E-state index contributed by atoms with van der Waals surface area (Å²) in [5, 5.41) is 3.11. The Bertz CT molecular complexity index is 1540. The van der Waals surface area contributed by atoms with Gasteiger partial charge in [0.15, 0.2) is 0 Å². The largest absolute Gasteiger partial charge is 0.397 e. The van der Waals surface area contributed by atoms with Crippen LogP contribution >= 0.6 is 11.6 Å². The van der Waals surface area contributed by atoms with Gasteiger partial charge in [-0.05, 0) is 76.4 Å². The number of aryl methyl sites for hydroxylation is 1. The first-order chi connectivity index (χ1) is 19.5. The Balaban J connectivity index is 1.49. The SMILES string of the molecule is CCN1C(=CC=Cc2oc3c4ccccc4ccc3[n+]2CC)N(CCC[N+](CC)(CC)CC)c2ccc(Cl)cc21. The lowest BCUT2D eigenvalue weighted by molar-refractivity contribution is -0.923. The van der Waals surface area contributed by atoms with Crippen LogP contribution in [0, 0.1) is 0 Å². The summed E-state index contributed by atoms with van der Waals surface area (Å²) in [5.41, 5.74) is 4.47. The van der Waals surface area contributed by atoms with Gasteiger partial charge in [-0.1, -0.05) is 35.9 Å². The molecule has 0 radical (unpaired) electrons. The number of rotatable bonds is 11. The average molecular weight is 559 g/mol. The molecule has 0 amide bonds. The van der Waals surface area contributed by atoms with E-state index in [2.05, 4.69) is 116 Å². The third kappa shape index (κ3) is 5.13. The molecule has 1 aliphatic heterocycles. The van der Waals surface area contributed by atoms with Crippen molar-refractivity contribution in [3.63, 3.8) is 0 Å². The van der Waals surface area contributed by atoms with E-state index in [1.54, 1.807) is 0 Å². The van der Waals surface area contributed by atoms with E-state index in [9.17, 15) is 0 Å². The van der Waals surface area contributed by atoms with Gasteiger partial charge in [0.1, 0.15) is 12.4 Å². The molecule has 0 bridgehead atoms. The first-order valence-corrected chi connectivity index (χ1v) is 15.3. The third-order valence-electron chi connectivity index (χ3n) is 8.84. The monoisotopic (exact) mass is 558 g/mol. The number of halogens is 1. The first-order valence-electron chi connectivity index (χ1n) is 14.9. The molecule has 5 rings (SSSR count). The average Bonchev–Trinajstić information content (AvgIpc) is 3.49. The van der Waals surface area contributed by atoms with E-state index in [1.807, 2.05) is 6.07 Å². The third-order valence-corrected chi connectivity index (χ3v) is 9.07. The van der Waals surface area contributed by atoms with Crippen molar-refractivity contribution in [2.75, 3.05) is 49.1 Å². The minimum absolute atomic E-state index is 0.770. The molecule has 0 fully saturated rings. The zero-order valence-corrected chi connectivity index (χ0v) is 25.4. The molecule has 0 saturated heterocycles. The molecular formula is C34H43ClN4O+2. The molecular weight excluding hydrogens is 516 g/mol. The van der Waals surface area contributed by atoms with Gasteiger partial charge >= 0.3 is 5.89 Å². The van der Waals surface area contributed by atoms with Gasteiger partial charge in [-0.3, -0.25) is 0 Å². The van der Waals surface area contributed by atoms with Crippen molar-refractivity contribution in [3.05, 3.63) is 83.5 Å². The van der Waals surface area contributed by atoms with Gasteiger partial charge in [-0.25, -0.2) is 0 Å². The predicted octanol–water partition coefficient (Wildman–Crippen LogP) is 8.01.